The topological polar surface area (TPSA) is 38.9 Å². The summed E-state index contributed by atoms with van der Waals surface area (Å²) in [6.07, 6.45) is 1.52. The van der Waals surface area contributed by atoms with Crippen LogP contribution in [0.15, 0.2) is 28.8 Å². The van der Waals surface area contributed by atoms with Gasteiger partial charge in [0.05, 0.1) is 0 Å². The number of benzene rings is 1. The SMILES string of the molecule is CCc1nc(Cc2ccc(C(C)(C)C)cc2)no1. The van der Waals surface area contributed by atoms with Gasteiger partial charge in [-0.25, -0.2) is 0 Å². The lowest BCUT2D eigenvalue weighted by molar-refractivity contribution is 0.377. The van der Waals surface area contributed by atoms with Crippen molar-refractivity contribution in [3.63, 3.8) is 0 Å². The van der Waals surface area contributed by atoms with Crippen molar-refractivity contribution >= 4 is 0 Å². The van der Waals surface area contributed by atoms with E-state index in [1.807, 2.05) is 6.92 Å². The van der Waals surface area contributed by atoms with E-state index in [-0.39, 0.29) is 5.41 Å². The molecule has 1 aromatic heterocycles. The van der Waals surface area contributed by atoms with Crippen LogP contribution in [-0.4, -0.2) is 10.1 Å². The first-order valence-electron chi connectivity index (χ1n) is 6.40. The van der Waals surface area contributed by atoms with E-state index in [0.717, 1.165) is 18.7 Å². The summed E-state index contributed by atoms with van der Waals surface area (Å²) in [7, 11) is 0. The minimum absolute atomic E-state index is 0.194. The van der Waals surface area contributed by atoms with Crippen molar-refractivity contribution in [3.05, 3.63) is 47.1 Å². The van der Waals surface area contributed by atoms with Gasteiger partial charge in [-0.2, -0.15) is 4.98 Å². The van der Waals surface area contributed by atoms with Crippen molar-refractivity contribution in [2.24, 2.45) is 0 Å². The number of rotatable bonds is 3. The van der Waals surface area contributed by atoms with E-state index < -0.39 is 0 Å². The fourth-order valence-electron chi connectivity index (χ4n) is 1.81. The summed E-state index contributed by atoms with van der Waals surface area (Å²) in [5.74, 6) is 1.46. The minimum atomic E-state index is 0.194. The van der Waals surface area contributed by atoms with Crippen LogP contribution in [0.1, 0.15) is 50.5 Å². The summed E-state index contributed by atoms with van der Waals surface area (Å²) in [6, 6.07) is 8.64. The van der Waals surface area contributed by atoms with Gasteiger partial charge in [0, 0.05) is 12.8 Å². The Hall–Kier alpha value is -1.64. The summed E-state index contributed by atoms with van der Waals surface area (Å²) in [5, 5.41) is 3.97. The van der Waals surface area contributed by atoms with E-state index in [2.05, 4.69) is 55.2 Å². The fourth-order valence-corrected chi connectivity index (χ4v) is 1.81. The summed E-state index contributed by atoms with van der Waals surface area (Å²) in [5.41, 5.74) is 2.75. The monoisotopic (exact) mass is 244 g/mol. The zero-order chi connectivity index (χ0) is 13.2. The molecule has 2 aromatic rings. The molecule has 3 nitrogen and oxygen atoms in total. The zero-order valence-electron chi connectivity index (χ0n) is 11.5. The lowest BCUT2D eigenvalue weighted by atomic mass is 9.86. The maximum Gasteiger partial charge on any atom is 0.226 e. The molecule has 0 saturated carbocycles. The third-order valence-corrected chi connectivity index (χ3v) is 2.99. The first-order valence-corrected chi connectivity index (χ1v) is 6.40. The third kappa shape index (κ3) is 2.97. The normalized spacial score (nSPS) is 11.8. The smallest absolute Gasteiger partial charge is 0.226 e. The van der Waals surface area contributed by atoms with E-state index in [1.54, 1.807) is 0 Å². The molecule has 2 rings (SSSR count). The lowest BCUT2D eigenvalue weighted by Gasteiger charge is -2.18. The van der Waals surface area contributed by atoms with Crippen LogP contribution in [-0.2, 0) is 18.3 Å². The molecule has 0 amide bonds. The Bertz CT molecular complexity index is 506. The standard InChI is InChI=1S/C15H20N2O/c1-5-14-16-13(17-18-14)10-11-6-8-12(9-7-11)15(2,3)4/h6-9H,5,10H2,1-4H3. The largest absolute Gasteiger partial charge is 0.339 e. The molecule has 0 fully saturated rings. The van der Waals surface area contributed by atoms with Crippen LogP contribution in [0.25, 0.3) is 0 Å². The molecule has 0 saturated heterocycles. The highest BCUT2D eigenvalue weighted by Crippen LogP contribution is 2.22. The summed E-state index contributed by atoms with van der Waals surface area (Å²) < 4.78 is 5.10. The van der Waals surface area contributed by atoms with Crippen LogP contribution in [0.2, 0.25) is 0 Å². The highest BCUT2D eigenvalue weighted by atomic mass is 16.5. The van der Waals surface area contributed by atoms with Crippen molar-refractivity contribution < 1.29 is 4.52 Å². The van der Waals surface area contributed by atoms with Crippen LogP contribution < -0.4 is 0 Å². The van der Waals surface area contributed by atoms with Gasteiger partial charge in [0.25, 0.3) is 0 Å². The van der Waals surface area contributed by atoms with Crippen LogP contribution in [0.5, 0.6) is 0 Å². The van der Waals surface area contributed by atoms with Gasteiger partial charge in [0.1, 0.15) is 0 Å². The molecule has 0 unspecified atom stereocenters. The quantitative estimate of drug-likeness (QED) is 0.829. The van der Waals surface area contributed by atoms with E-state index in [1.165, 1.54) is 11.1 Å². The molecule has 0 spiro atoms. The van der Waals surface area contributed by atoms with Crippen molar-refractivity contribution in [2.45, 2.75) is 46.0 Å². The summed E-state index contributed by atoms with van der Waals surface area (Å²) >= 11 is 0. The Balaban J connectivity index is 2.11. The molecule has 18 heavy (non-hydrogen) atoms. The molecular formula is C15H20N2O. The van der Waals surface area contributed by atoms with E-state index in [4.69, 9.17) is 4.52 Å². The molecule has 0 bridgehead atoms. The Labute approximate surface area is 108 Å². The van der Waals surface area contributed by atoms with Crippen molar-refractivity contribution in [3.8, 4) is 0 Å². The molecule has 0 atom stereocenters. The fraction of sp³-hybridized carbons (Fsp3) is 0.467. The predicted octanol–water partition coefficient (Wildman–Crippen LogP) is 3.52. The Morgan fingerprint density at radius 2 is 1.78 bits per heavy atom. The molecule has 1 aromatic carbocycles. The predicted molar refractivity (Wildman–Crippen MR) is 71.6 cm³/mol. The number of aromatic nitrogens is 2. The van der Waals surface area contributed by atoms with Gasteiger partial charge in [0.15, 0.2) is 5.82 Å². The van der Waals surface area contributed by atoms with Crippen molar-refractivity contribution in [2.75, 3.05) is 0 Å². The number of hydrogen-bond donors (Lipinski definition) is 0. The molecule has 3 heteroatoms. The average Bonchev–Trinajstić information content (AvgIpc) is 2.76. The molecular weight excluding hydrogens is 224 g/mol. The van der Waals surface area contributed by atoms with Gasteiger partial charge < -0.3 is 4.52 Å². The zero-order valence-corrected chi connectivity index (χ0v) is 11.5. The van der Waals surface area contributed by atoms with Gasteiger partial charge in [-0.05, 0) is 16.5 Å². The average molecular weight is 244 g/mol. The minimum Gasteiger partial charge on any atom is -0.339 e. The lowest BCUT2D eigenvalue weighted by Crippen LogP contribution is -2.10. The van der Waals surface area contributed by atoms with Gasteiger partial charge in [-0.15, -0.1) is 0 Å². The van der Waals surface area contributed by atoms with Gasteiger partial charge in [-0.3, -0.25) is 0 Å². The Morgan fingerprint density at radius 3 is 2.28 bits per heavy atom. The van der Waals surface area contributed by atoms with Gasteiger partial charge in [-0.1, -0.05) is 57.1 Å². The molecule has 0 radical (unpaired) electrons. The molecule has 0 N–H and O–H groups in total. The first-order chi connectivity index (χ1) is 8.49. The third-order valence-electron chi connectivity index (χ3n) is 2.99. The van der Waals surface area contributed by atoms with Gasteiger partial charge in [0.2, 0.25) is 5.89 Å². The van der Waals surface area contributed by atoms with Crippen molar-refractivity contribution in [1.29, 1.82) is 0 Å². The second-order valence-electron chi connectivity index (χ2n) is 5.58. The molecule has 0 aliphatic carbocycles. The second kappa shape index (κ2) is 4.92. The van der Waals surface area contributed by atoms with E-state index >= 15 is 0 Å². The molecule has 0 aliphatic heterocycles. The van der Waals surface area contributed by atoms with E-state index in [9.17, 15) is 0 Å². The Kier molecular flexibility index (Phi) is 3.50. The second-order valence-corrected chi connectivity index (χ2v) is 5.58. The first kappa shape index (κ1) is 12.8. The van der Waals surface area contributed by atoms with Crippen LogP contribution in [0, 0.1) is 0 Å². The summed E-state index contributed by atoms with van der Waals surface area (Å²) in [4.78, 5) is 4.32. The van der Waals surface area contributed by atoms with Crippen LogP contribution in [0.4, 0.5) is 0 Å². The van der Waals surface area contributed by atoms with Crippen molar-refractivity contribution in [1.82, 2.24) is 10.1 Å². The maximum atomic E-state index is 5.10. The van der Waals surface area contributed by atoms with Gasteiger partial charge >= 0.3 is 0 Å². The highest BCUT2D eigenvalue weighted by molar-refractivity contribution is 5.28. The van der Waals surface area contributed by atoms with E-state index in [0.29, 0.717) is 5.89 Å². The van der Waals surface area contributed by atoms with Crippen LogP contribution in [0.3, 0.4) is 0 Å². The molecule has 0 aliphatic rings. The number of aryl methyl sites for hydroxylation is 1. The maximum absolute atomic E-state index is 5.10. The number of nitrogens with zero attached hydrogens (tertiary/aromatic N) is 2. The number of hydrogen-bond acceptors (Lipinski definition) is 3. The van der Waals surface area contributed by atoms with Crippen LogP contribution >= 0.6 is 0 Å². The Morgan fingerprint density at radius 1 is 1.11 bits per heavy atom. The molecule has 1 heterocycles. The summed E-state index contributed by atoms with van der Waals surface area (Å²) in [6.45, 7) is 8.66. The molecule has 96 valence electrons. The highest BCUT2D eigenvalue weighted by Gasteiger charge is 2.13.